The average Bonchev–Trinajstić information content (AvgIpc) is 2.60. The number of carbonyl (C=O) groups is 1. The lowest BCUT2D eigenvalue weighted by atomic mass is 10.1. The maximum Gasteiger partial charge on any atom is 0.248 e. The molecule has 1 unspecified atom stereocenters. The number of ether oxygens (including phenoxy) is 1. The van der Waals surface area contributed by atoms with Gasteiger partial charge in [-0.05, 0) is 39.8 Å². The lowest BCUT2D eigenvalue weighted by molar-refractivity contribution is -0.136. The first-order valence-electron chi connectivity index (χ1n) is 6.03. The molecule has 0 aromatic rings. The predicted octanol–water partition coefficient (Wildman–Crippen LogP) is 0.822. The summed E-state index contributed by atoms with van der Waals surface area (Å²) in [6.45, 7) is 7.19. The molecule has 1 aliphatic heterocycles. The van der Waals surface area contributed by atoms with Crippen LogP contribution in [0.25, 0.3) is 0 Å². The maximum absolute atomic E-state index is 11.7. The first-order valence-corrected chi connectivity index (χ1v) is 6.03. The monoisotopic (exact) mass is 228 g/mol. The second-order valence-electron chi connectivity index (χ2n) is 5.05. The normalized spacial score (nSPS) is 21.7. The first-order chi connectivity index (χ1) is 7.49. The van der Waals surface area contributed by atoms with Crippen molar-refractivity contribution in [1.29, 1.82) is 0 Å². The molecule has 16 heavy (non-hydrogen) atoms. The molecule has 0 aromatic carbocycles. The Bertz CT molecular complexity index is 231. The number of carbonyl (C=O) groups excluding carboxylic acids is 1. The van der Waals surface area contributed by atoms with Crippen molar-refractivity contribution in [3.8, 4) is 0 Å². The van der Waals surface area contributed by atoms with Crippen LogP contribution >= 0.6 is 0 Å². The van der Waals surface area contributed by atoms with Crippen molar-refractivity contribution in [2.75, 3.05) is 40.3 Å². The molecule has 0 spiro atoms. The Morgan fingerprint density at radius 2 is 2.25 bits per heavy atom. The van der Waals surface area contributed by atoms with E-state index in [0.717, 1.165) is 19.6 Å². The van der Waals surface area contributed by atoms with Gasteiger partial charge in [-0.1, -0.05) is 0 Å². The Morgan fingerprint density at radius 1 is 1.56 bits per heavy atom. The molecular formula is C12H24N2O2. The minimum atomic E-state index is 0.0863. The van der Waals surface area contributed by atoms with Gasteiger partial charge in [0.1, 0.15) is 6.61 Å². The van der Waals surface area contributed by atoms with Gasteiger partial charge in [-0.15, -0.1) is 0 Å². The molecule has 0 aliphatic carbocycles. The van der Waals surface area contributed by atoms with Crippen LogP contribution in [0.4, 0.5) is 0 Å². The smallest absolute Gasteiger partial charge is 0.248 e. The summed E-state index contributed by atoms with van der Waals surface area (Å²) in [6.07, 6.45) is 1.31. The van der Waals surface area contributed by atoms with Gasteiger partial charge in [0.05, 0.1) is 6.10 Å². The number of hydrogen-bond donors (Lipinski definition) is 0. The SMILES string of the molecule is CC(C)OCC(=O)N(C)CC1CCN(C)C1. The zero-order chi connectivity index (χ0) is 12.1. The van der Waals surface area contributed by atoms with Crippen molar-refractivity contribution in [3.63, 3.8) is 0 Å². The average molecular weight is 228 g/mol. The molecule has 1 aliphatic rings. The second-order valence-corrected chi connectivity index (χ2v) is 5.05. The van der Waals surface area contributed by atoms with Crippen LogP contribution < -0.4 is 0 Å². The fourth-order valence-electron chi connectivity index (χ4n) is 2.01. The van der Waals surface area contributed by atoms with Crippen molar-refractivity contribution >= 4 is 5.91 Å². The molecule has 4 nitrogen and oxygen atoms in total. The van der Waals surface area contributed by atoms with Crippen molar-refractivity contribution < 1.29 is 9.53 Å². The first kappa shape index (κ1) is 13.5. The highest BCUT2D eigenvalue weighted by atomic mass is 16.5. The van der Waals surface area contributed by atoms with Crippen LogP contribution in [0.15, 0.2) is 0 Å². The van der Waals surface area contributed by atoms with Crippen LogP contribution in [0.1, 0.15) is 20.3 Å². The lowest BCUT2D eigenvalue weighted by Gasteiger charge is -2.21. The molecule has 1 saturated heterocycles. The Balaban J connectivity index is 2.23. The Morgan fingerprint density at radius 3 is 2.75 bits per heavy atom. The molecule has 0 N–H and O–H groups in total. The number of hydrogen-bond acceptors (Lipinski definition) is 3. The summed E-state index contributed by atoms with van der Waals surface area (Å²) in [4.78, 5) is 15.8. The minimum absolute atomic E-state index is 0.0863. The maximum atomic E-state index is 11.7. The Kier molecular flexibility index (Phi) is 5.22. The van der Waals surface area contributed by atoms with Crippen LogP contribution in [0, 0.1) is 5.92 Å². The summed E-state index contributed by atoms with van der Waals surface area (Å²) >= 11 is 0. The molecule has 1 atom stereocenters. The molecule has 0 bridgehead atoms. The molecule has 0 aromatic heterocycles. The van der Waals surface area contributed by atoms with E-state index >= 15 is 0 Å². The number of nitrogens with zero attached hydrogens (tertiary/aromatic N) is 2. The molecule has 1 fully saturated rings. The second kappa shape index (κ2) is 6.21. The summed E-state index contributed by atoms with van der Waals surface area (Å²) in [5.74, 6) is 0.709. The van der Waals surface area contributed by atoms with E-state index < -0.39 is 0 Å². The third-order valence-electron chi connectivity index (χ3n) is 2.99. The van der Waals surface area contributed by atoms with Crippen molar-refractivity contribution in [3.05, 3.63) is 0 Å². The molecule has 1 rings (SSSR count). The quantitative estimate of drug-likeness (QED) is 0.698. The predicted molar refractivity (Wildman–Crippen MR) is 64.3 cm³/mol. The van der Waals surface area contributed by atoms with Crippen molar-refractivity contribution in [2.45, 2.75) is 26.4 Å². The van der Waals surface area contributed by atoms with E-state index in [1.54, 1.807) is 4.90 Å². The van der Waals surface area contributed by atoms with Gasteiger partial charge in [0.15, 0.2) is 0 Å². The van der Waals surface area contributed by atoms with Crippen molar-refractivity contribution in [1.82, 2.24) is 9.80 Å². The molecule has 4 heteroatoms. The number of likely N-dealkylation sites (N-methyl/N-ethyl adjacent to an activating group) is 1. The van der Waals surface area contributed by atoms with Crippen LogP contribution in [-0.4, -0.2) is 62.1 Å². The largest absolute Gasteiger partial charge is 0.369 e. The van der Waals surface area contributed by atoms with E-state index in [0.29, 0.717) is 5.92 Å². The van der Waals surface area contributed by atoms with E-state index in [9.17, 15) is 4.79 Å². The lowest BCUT2D eigenvalue weighted by Crippen LogP contribution is -2.35. The number of amides is 1. The third-order valence-corrected chi connectivity index (χ3v) is 2.99. The van der Waals surface area contributed by atoms with Gasteiger partial charge in [-0.25, -0.2) is 0 Å². The standard InChI is InChI=1S/C12H24N2O2/c1-10(2)16-9-12(15)14(4)8-11-5-6-13(3)7-11/h10-11H,5-9H2,1-4H3. The van der Waals surface area contributed by atoms with Gasteiger partial charge in [0.25, 0.3) is 0 Å². The van der Waals surface area contributed by atoms with E-state index in [-0.39, 0.29) is 18.6 Å². The fourth-order valence-corrected chi connectivity index (χ4v) is 2.01. The molecule has 1 amide bonds. The van der Waals surface area contributed by atoms with Gasteiger partial charge in [-0.3, -0.25) is 4.79 Å². The summed E-state index contributed by atoms with van der Waals surface area (Å²) < 4.78 is 5.31. The van der Waals surface area contributed by atoms with E-state index in [1.807, 2.05) is 20.9 Å². The molecule has 0 saturated carbocycles. The zero-order valence-corrected chi connectivity index (χ0v) is 10.9. The number of rotatable bonds is 5. The summed E-state index contributed by atoms with van der Waals surface area (Å²) in [5, 5.41) is 0. The Labute approximate surface area is 98.5 Å². The van der Waals surface area contributed by atoms with Crippen LogP contribution in [-0.2, 0) is 9.53 Å². The van der Waals surface area contributed by atoms with Crippen LogP contribution in [0.5, 0.6) is 0 Å². The number of likely N-dealkylation sites (tertiary alicyclic amines) is 1. The summed E-state index contributed by atoms with van der Waals surface area (Å²) in [7, 11) is 3.99. The van der Waals surface area contributed by atoms with Gasteiger partial charge >= 0.3 is 0 Å². The summed E-state index contributed by atoms with van der Waals surface area (Å²) in [6, 6.07) is 0. The van der Waals surface area contributed by atoms with Gasteiger partial charge < -0.3 is 14.5 Å². The highest BCUT2D eigenvalue weighted by Gasteiger charge is 2.22. The molecular weight excluding hydrogens is 204 g/mol. The van der Waals surface area contributed by atoms with Gasteiger partial charge in [0, 0.05) is 20.1 Å². The minimum Gasteiger partial charge on any atom is -0.369 e. The molecule has 1 heterocycles. The van der Waals surface area contributed by atoms with Gasteiger partial charge in [0.2, 0.25) is 5.91 Å². The molecule has 0 radical (unpaired) electrons. The topological polar surface area (TPSA) is 32.8 Å². The van der Waals surface area contributed by atoms with Crippen molar-refractivity contribution in [2.24, 2.45) is 5.92 Å². The van der Waals surface area contributed by atoms with Crippen LogP contribution in [0.2, 0.25) is 0 Å². The fraction of sp³-hybridized carbons (Fsp3) is 0.917. The van der Waals surface area contributed by atoms with Gasteiger partial charge in [-0.2, -0.15) is 0 Å². The highest BCUT2D eigenvalue weighted by Crippen LogP contribution is 2.15. The van der Waals surface area contributed by atoms with E-state index in [4.69, 9.17) is 4.74 Å². The highest BCUT2D eigenvalue weighted by molar-refractivity contribution is 5.77. The Hall–Kier alpha value is -0.610. The third kappa shape index (κ3) is 4.49. The van der Waals surface area contributed by atoms with E-state index in [2.05, 4.69) is 11.9 Å². The zero-order valence-electron chi connectivity index (χ0n) is 10.9. The summed E-state index contributed by atoms with van der Waals surface area (Å²) in [5.41, 5.74) is 0. The van der Waals surface area contributed by atoms with Crippen LogP contribution in [0.3, 0.4) is 0 Å². The molecule has 94 valence electrons. The van der Waals surface area contributed by atoms with E-state index in [1.165, 1.54) is 6.42 Å².